The fourth-order valence-corrected chi connectivity index (χ4v) is 9.13. The van der Waals surface area contributed by atoms with Crippen LogP contribution in [0, 0.1) is 0 Å². The van der Waals surface area contributed by atoms with Crippen LogP contribution < -0.4 is 0 Å². The molecule has 5 fully saturated rings. The third-order valence-electron chi connectivity index (χ3n) is 12.1. The molecule has 0 aliphatic carbocycles. The molecule has 1 unspecified atom stereocenters. The van der Waals surface area contributed by atoms with Gasteiger partial charge in [-0.1, -0.05) is 36.4 Å². The highest BCUT2D eigenvalue weighted by molar-refractivity contribution is 5.90. The molecule has 5 heterocycles. The van der Waals surface area contributed by atoms with Gasteiger partial charge in [0.15, 0.2) is 61.5 Å². The number of carbonyl (C=O) groups is 7. The Kier molecular flexibility index (Phi) is 17.6. The van der Waals surface area contributed by atoms with Gasteiger partial charge >= 0.3 is 41.8 Å². The number of aliphatic hydroxyl groups excluding tert-OH is 1. The van der Waals surface area contributed by atoms with E-state index in [0.29, 0.717) is 0 Å². The Morgan fingerprint density at radius 3 is 1.70 bits per heavy atom. The molecule has 7 rings (SSSR count). The number of carbonyl (C=O) groups excluding carboxylic acids is 7. The molecule has 5 saturated heterocycles. The van der Waals surface area contributed by atoms with E-state index in [4.69, 9.17) is 75.8 Å². The van der Waals surface area contributed by atoms with Gasteiger partial charge in [0.2, 0.25) is 5.60 Å². The minimum atomic E-state index is -2.00. The van der Waals surface area contributed by atoms with Gasteiger partial charge in [-0.3, -0.25) is 24.0 Å². The van der Waals surface area contributed by atoms with Crippen molar-refractivity contribution < 1.29 is 114 Å². The Morgan fingerprint density at radius 1 is 0.562 bits per heavy atom. The lowest BCUT2D eigenvalue weighted by molar-refractivity contribution is -0.371. The van der Waals surface area contributed by atoms with Crippen molar-refractivity contribution in [3.05, 3.63) is 71.8 Å². The molecule has 0 bridgehead atoms. The molecule has 0 radical (unpaired) electrons. The summed E-state index contributed by atoms with van der Waals surface area (Å²) < 4.78 is 96.4. The highest BCUT2D eigenvalue weighted by Crippen LogP contribution is 2.42. The van der Waals surface area contributed by atoms with Gasteiger partial charge in [0.1, 0.15) is 37.1 Å². The zero-order chi connectivity index (χ0) is 52.9. The number of ether oxygens (including phenoxy) is 16. The molecular formula is C49H60O24. The van der Waals surface area contributed by atoms with Gasteiger partial charge in [0.05, 0.1) is 36.5 Å². The Morgan fingerprint density at radius 2 is 1.11 bits per heavy atom. The van der Waals surface area contributed by atoms with Crippen LogP contribution in [0.3, 0.4) is 0 Å². The molecule has 0 amide bonds. The second-order valence-electron chi connectivity index (χ2n) is 18.4. The van der Waals surface area contributed by atoms with E-state index in [0.717, 1.165) is 34.6 Å². The van der Waals surface area contributed by atoms with Crippen LogP contribution in [0.15, 0.2) is 60.7 Å². The summed E-state index contributed by atoms with van der Waals surface area (Å²) in [5.74, 6) is -7.29. The normalized spacial score (nSPS) is 35.6. The van der Waals surface area contributed by atoms with E-state index in [1.54, 1.807) is 57.2 Å². The summed E-state index contributed by atoms with van der Waals surface area (Å²) in [5, 5.41) is 11.2. The Hall–Kier alpha value is -5.67. The zero-order valence-corrected chi connectivity index (χ0v) is 41.5. The molecule has 400 valence electrons. The number of rotatable bonds is 16. The quantitative estimate of drug-likeness (QED) is 0.186. The van der Waals surface area contributed by atoms with Gasteiger partial charge in [-0.15, -0.1) is 0 Å². The molecule has 1 N–H and O–H groups in total. The zero-order valence-electron chi connectivity index (χ0n) is 41.5. The molecule has 73 heavy (non-hydrogen) atoms. The first-order chi connectivity index (χ1) is 34.5. The van der Waals surface area contributed by atoms with E-state index in [1.165, 1.54) is 31.2 Å². The summed E-state index contributed by atoms with van der Waals surface area (Å²) in [5.41, 5.74) is -1.87. The maximum atomic E-state index is 14.2. The summed E-state index contributed by atoms with van der Waals surface area (Å²) in [6.07, 6.45) is -23.0. The predicted molar refractivity (Wildman–Crippen MR) is 238 cm³/mol. The first-order valence-electron chi connectivity index (χ1n) is 23.5. The number of aliphatic hydroxyl groups is 1. The summed E-state index contributed by atoms with van der Waals surface area (Å²) in [6.45, 7) is 10.1. The minimum absolute atomic E-state index is 0.0289. The second-order valence-corrected chi connectivity index (χ2v) is 18.4. The lowest BCUT2D eigenvalue weighted by Crippen LogP contribution is -2.66. The van der Waals surface area contributed by atoms with Gasteiger partial charge < -0.3 is 80.9 Å². The van der Waals surface area contributed by atoms with Crippen molar-refractivity contribution in [2.24, 2.45) is 0 Å². The largest absolute Gasteiger partial charge is 0.461 e. The van der Waals surface area contributed by atoms with Crippen molar-refractivity contribution in [1.82, 2.24) is 0 Å². The van der Waals surface area contributed by atoms with Crippen molar-refractivity contribution in [2.75, 3.05) is 19.8 Å². The predicted octanol–water partition coefficient (Wildman–Crippen LogP) is 1.97. The summed E-state index contributed by atoms with van der Waals surface area (Å²) >= 11 is 0. The van der Waals surface area contributed by atoms with E-state index >= 15 is 0 Å². The highest BCUT2D eigenvalue weighted by Gasteiger charge is 2.62. The van der Waals surface area contributed by atoms with Gasteiger partial charge in [0.25, 0.3) is 0 Å². The number of benzene rings is 2. The van der Waals surface area contributed by atoms with Crippen LogP contribution in [-0.4, -0.2) is 177 Å². The molecule has 24 heteroatoms. The molecule has 24 nitrogen and oxygen atoms in total. The van der Waals surface area contributed by atoms with Crippen LogP contribution in [0.4, 0.5) is 0 Å². The number of esters is 7. The Balaban J connectivity index is 1.27. The summed E-state index contributed by atoms with van der Waals surface area (Å²) in [4.78, 5) is 91.3. The molecule has 0 spiro atoms. The van der Waals surface area contributed by atoms with Crippen LogP contribution >= 0.6 is 0 Å². The average molecular weight is 1030 g/mol. The minimum Gasteiger partial charge on any atom is -0.461 e. The smallest absolute Gasteiger partial charge is 0.338 e. The molecule has 2 aromatic rings. The van der Waals surface area contributed by atoms with Crippen LogP contribution in [-0.2, 0) is 99.8 Å². The Labute approximate surface area is 419 Å². The molecule has 2 aromatic carbocycles. The van der Waals surface area contributed by atoms with Crippen LogP contribution in [0.25, 0.3) is 0 Å². The van der Waals surface area contributed by atoms with Crippen LogP contribution in [0.5, 0.6) is 0 Å². The molecular weight excluding hydrogens is 973 g/mol. The van der Waals surface area contributed by atoms with Crippen LogP contribution in [0.2, 0.25) is 0 Å². The Bertz CT molecular complexity index is 2290. The monoisotopic (exact) mass is 1030 g/mol. The molecule has 0 aromatic heterocycles. The summed E-state index contributed by atoms with van der Waals surface area (Å²) in [7, 11) is 0. The third-order valence-corrected chi connectivity index (χ3v) is 12.1. The van der Waals surface area contributed by atoms with Crippen molar-refractivity contribution in [3.8, 4) is 0 Å². The fourth-order valence-electron chi connectivity index (χ4n) is 9.13. The number of hydrogen-bond acceptors (Lipinski definition) is 24. The lowest BCUT2D eigenvalue weighted by atomic mass is 9.96. The van der Waals surface area contributed by atoms with E-state index in [2.05, 4.69) is 0 Å². The summed E-state index contributed by atoms with van der Waals surface area (Å²) in [6, 6.07) is 15.5. The number of fused-ring (bicyclic) bond motifs is 1. The first kappa shape index (κ1) is 55.1. The first-order valence-corrected chi connectivity index (χ1v) is 23.5. The third kappa shape index (κ3) is 13.2. The average Bonchev–Trinajstić information content (AvgIpc) is 3.83. The lowest BCUT2D eigenvalue weighted by Gasteiger charge is -2.48. The van der Waals surface area contributed by atoms with Crippen molar-refractivity contribution in [2.45, 2.75) is 172 Å². The van der Waals surface area contributed by atoms with Gasteiger partial charge in [-0.25, -0.2) is 9.59 Å². The van der Waals surface area contributed by atoms with Gasteiger partial charge in [0, 0.05) is 34.6 Å². The molecule has 5 aliphatic rings. The maximum Gasteiger partial charge on any atom is 0.338 e. The van der Waals surface area contributed by atoms with Crippen molar-refractivity contribution in [3.63, 3.8) is 0 Å². The SMILES string of the molecule is CC(=O)OC[C@@]1(OC(C)=O)CO[C@@H](O[C@@H]2[C@@H](OC(=O)c3ccccc3)[C@H](O[C@@H]3[C@@H](OC(C)=O)[C@@H](OC(C)=O)[C@H](O[C@H]4C(O)O[C@H](C)[C@@H]5OC(C)(C)O[C@@H]54)O[C@H]3C)OC[C@H]2OC(=O)c2ccccc2)[C@@H]1OC(C)=O. The van der Waals surface area contributed by atoms with E-state index in [9.17, 15) is 38.7 Å². The molecule has 0 saturated carbocycles. The topological polar surface area (TPSA) is 287 Å². The van der Waals surface area contributed by atoms with Crippen LogP contribution in [0.1, 0.15) is 83.0 Å². The standard InChI is InChI=1S/C49H60O24/c1-23-33(36(63-26(4)51)40(64-27(5)52)46(62-23)70-38-37-34(24(2)61-44(38)57)72-48(8,9)73-37)68-45-39(67-43(56)31-18-14-11-15-19-31)35(32(20-58-45)66-42(55)30-16-12-10-13-17-30)69-47-41(65-28(6)53)49(22-60-47,71-29(7)54)21-59-25(3)50/h10-19,23-24,32-41,44-47,57H,20-22H2,1-9H3/t23-,24+,32+,33-,34-,35-,36+,37-,38+,39+,40+,41-,44?,45-,46-,47-,49+/m0/s1. The van der Waals surface area contributed by atoms with Crippen molar-refractivity contribution in [1.29, 1.82) is 0 Å². The number of hydrogen-bond donors (Lipinski definition) is 1. The molecule has 5 aliphatic heterocycles. The maximum absolute atomic E-state index is 14.2. The molecule has 17 atom stereocenters. The van der Waals surface area contributed by atoms with E-state index in [1.807, 2.05) is 0 Å². The highest BCUT2D eigenvalue weighted by atomic mass is 16.8. The van der Waals surface area contributed by atoms with E-state index in [-0.39, 0.29) is 11.1 Å². The van der Waals surface area contributed by atoms with Gasteiger partial charge in [-0.2, -0.15) is 0 Å². The van der Waals surface area contributed by atoms with E-state index < -0.39 is 171 Å². The second kappa shape index (κ2) is 23.3. The fraction of sp³-hybridized carbons (Fsp3) is 0.612. The van der Waals surface area contributed by atoms with Crippen molar-refractivity contribution >= 4 is 41.8 Å². The van der Waals surface area contributed by atoms with Gasteiger partial charge in [-0.05, 0) is 52.0 Å².